The highest BCUT2D eigenvalue weighted by Crippen LogP contribution is 2.21. The van der Waals surface area contributed by atoms with E-state index in [9.17, 15) is 4.79 Å². The Morgan fingerprint density at radius 1 is 1.45 bits per heavy atom. The number of amides is 1. The largest absolute Gasteiger partial charge is 0.444 e. The van der Waals surface area contributed by atoms with Gasteiger partial charge in [-0.15, -0.1) is 0 Å². The number of pyridine rings is 1. The van der Waals surface area contributed by atoms with Crippen molar-refractivity contribution in [3.05, 3.63) is 28.5 Å². The molecule has 1 rings (SSSR count). The average molecular weight is 345 g/mol. The van der Waals surface area contributed by atoms with Crippen molar-refractivity contribution in [1.82, 2.24) is 9.88 Å². The van der Waals surface area contributed by atoms with Crippen molar-refractivity contribution < 1.29 is 14.3 Å². The summed E-state index contributed by atoms with van der Waals surface area (Å²) in [6.45, 7) is 5.86. The summed E-state index contributed by atoms with van der Waals surface area (Å²) in [5.74, 6) is 0. The molecule has 20 heavy (non-hydrogen) atoms. The number of rotatable bonds is 4. The van der Waals surface area contributed by atoms with Gasteiger partial charge in [-0.2, -0.15) is 0 Å². The van der Waals surface area contributed by atoms with Gasteiger partial charge in [0.15, 0.2) is 0 Å². The summed E-state index contributed by atoms with van der Waals surface area (Å²) in [6, 6.07) is 3.45. The molecule has 0 fully saturated rings. The summed E-state index contributed by atoms with van der Waals surface area (Å²) in [4.78, 5) is 18.0. The molecule has 1 aromatic heterocycles. The molecule has 0 bridgehead atoms. The van der Waals surface area contributed by atoms with Crippen LogP contribution in [-0.4, -0.2) is 42.3 Å². The van der Waals surface area contributed by atoms with E-state index < -0.39 is 11.7 Å². The molecule has 0 saturated carbocycles. The van der Waals surface area contributed by atoms with Crippen LogP contribution in [-0.2, 0) is 9.47 Å². The average Bonchev–Trinajstić information content (AvgIpc) is 2.34. The third-order valence-corrected chi connectivity index (χ3v) is 3.03. The monoisotopic (exact) mass is 344 g/mol. The predicted octanol–water partition coefficient (Wildman–Crippen LogP) is 3.40. The number of hydrogen-bond acceptors (Lipinski definition) is 4. The third-order valence-electron chi connectivity index (χ3n) is 2.57. The Kier molecular flexibility index (Phi) is 5.95. The van der Waals surface area contributed by atoms with Gasteiger partial charge in [0.1, 0.15) is 11.6 Å². The van der Waals surface area contributed by atoms with Crippen LogP contribution in [0, 0.1) is 0 Å². The molecule has 1 atom stereocenters. The van der Waals surface area contributed by atoms with Crippen molar-refractivity contribution in [2.24, 2.45) is 0 Å². The molecule has 1 heterocycles. The highest BCUT2D eigenvalue weighted by molar-refractivity contribution is 9.10. The Balaban J connectivity index is 2.90. The molecule has 1 aromatic rings. The molecule has 0 unspecified atom stereocenters. The van der Waals surface area contributed by atoms with Gasteiger partial charge in [-0.3, -0.25) is 4.98 Å². The molecule has 0 aliphatic carbocycles. The van der Waals surface area contributed by atoms with E-state index in [1.807, 2.05) is 32.9 Å². The van der Waals surface area contributed by atoms with E-state index in [1.54, 1.807) is 20.4 Å². The van der Waals surface area contributed by atoms with Crippen LogP contribution in [0.25, 0.3) is 0 Å². The second-order valence-electron chi connectivity index (χ2n) is 5.46. The maximum Gasteiger partial charge on any atom is 0.410 e. The highest BCUT2D eigenvalue weighted by Gasteiger charge is 2.27. The summed E-state index contributed by atoms with van der Waals surface area (Å²) in [6.07, 6.45) is 1.30. The number of aromatic nitrogens is 1. The van der Waals surface area contributed by atoms with Crippen molar-refractivity contribution >= 4 is 22.0 Å². The van der Waals surface area contributed by atoms with Crippen molar-refractivity contribution in [2.45, 2.75) is 32.4 Å². The van der Waals surface area contributed by atoms with Gasteiger partial charge in [-0.25, -0.2) is 4.79 Å². The molecule has 0 N–H and O–H groups in total. The van der Waals surface area contributed by atoms with E-state index in [1.165, 1.54) is 4.90 Å². The molecule has 5 nitrogen and oxygen atoms in total. The molecular weight excluding hydrogens is 324 g/mol. The number of carbonyl (C=O) groups excluding carboxylic acids is 1. The summed E-state index contributed by atoms with van der Waals surface area (Å²) < 4.78 is 11.4. The zero-order chi connectivity index (χ0) is 15.3. The number of halogens is 1. The van der Waals surface area contributed by atoms with Crippen LogP contribution in [0.1, 0.15) is 32.5 Å². The van der Waals surface area contributed by atoms with E-state index in [0.29, 0.717) is 6.61 Å². The van der Waals surface area contributed by atoms with Crippen molar-refractivity contribution in [3.8, 4) is 0 Å². The minimum absolute atomic E-state index is 0.289. The Hall–Kier alpha value is -1.14. The van der Waals surface area contributed by atoms with Crippen LogP contribution in [0.5, 0.6) is 0 Å². The fourth-order valence-electron chi connectivity index (χ4n) is 1.60. The van der Waals surface area contributed by atoms with Crippen LogP contribution in [0.4, 0.5) is 4.79 Å². The molecule has 6 heteroatoms. The Morgan fingerprint density at radius 3 is 2.55 bits per heavy atom. The van der Waals surface area contributed by atoms with Crippen molar-refractivity contribution in [3.63, 3.8) is 0 Å². The van der Waals surface area contributed by atoms with Gasteiger partial charge in [0.2, 0.25) is 0 Å². The molecule has 0 aromatic carbocycles. The zero-order valence-electron chi connectivity index (χ0n) is 12.5. The van der Waals surface area contributed by atoms with Gasteiger partial charge in [-0.1, -0.05) is 0 Å². The van der Waals surface area contributed by atoms with Crippen LogP contribution in [0.2, 0.25) is 0 Å². The lowest BCUT2D eigenvalue weighted by Gasteiger charge is -2.30. The van der Waals surface area contributed by atoms with Gasteiger partial charge < -0.3 is 14.4 Å². The topological polar surface area (TPSA) is 51.7 Å². The maximum atomic E-state index is 12.1. The van der Waals surface area contributed by atoms with Crippen molar-refractivity contribution in [1.29, 1.82) is 0 Å². The second-order valence-corrected chi connectivity index (χ2v) is 6.38. The summed E-state index contributed by atoms with van der Waals surface area (Å²) in [7, 11) is 3.27. The lowest BCUT2D eigenvalue weighted by Crippen LogP contribution is -2.38. The Bertz CT molecular complexity index is 443. The number of carbonyl (C=O) groups is 1. The lowest BCUT2D eigenvalue weighted by molar-refractivity contribution is 0.0120. The standard InChI is InChI=1S/C14H21BrN2O3/c1-14(2,3)20-13(18)17(4)12(9-19-5)11-7-6-10(15)8-16-11/h6-8,12H,9H2,1-5H3/t12-/m0/s1. The highest BCUT2D eigenvalue weighted by atomic mass is 79.9. The Morgan fingerprint density at radius 2 is 2.10 bits per heavy atom. The zero-order valence-corrected chi connectivity index (χ0v) is 14.1. The predicted molar refractivity (Wildman–Crippen MR) is 80.6 cm³/mol. The van der Waals surface area contributed by atoms with E-state index in [0.717, 1.165) is 10.2 Å². The normalized spacial score (nSPS) is 12.9. The molecular formula is C14H21BrN2O3. The molecule has 112 valence electrons. The smallest absolute Gasteiger partial charge is 0.410 e. The first kappa shape index (κ1) is 16.9. The van der Waals surface area contributed by atoms with Crippen LogP contribution >= 0.6 is 15.9 Å². The fourth-order valence-corrected chi connectivity index (χ4v) is 1.83. The number of likely N-dealkylation sites (N-methyl/N-ethyl adjacent to an activating group) is 1. The van der Waals surface area contributed by atoms with Crippen LogP contribution < -0.4 is 0 Å². The number of nitrogens with zero attached hydrogens (tertiary/aromatic N) is 2. The maximum absolute atomic E-state index is 12.1. The molecule has 0 spiro atoms. The van der Waals surface area contributed by atoms with Crippen LogP contribution in [0.3, 0.4) is 0 Å². The SMILES string of the molecule is COC[C@@H](c1ccc(Br)cn1)N(C)C(=O)OC(C)(C)C. The first-order valence-electron chi connectivity index (χ1n) is 6.31. The first-order valence-corrected chi connectivity index (χ1v) is 7.10. The summed E-state index contributed by atoms with van der Waals surface area (Å²) >= 11 is 3.34. The summed E-state index contributed by atoms with van der Waals surface area (Å²) in [5.41, 5.74) is 0.222. The van der Waals surface area contributed by atoms with Gasteiger partial charge in [0.05, 0.1) is 12.3 Å². The van der Waals surface area contributed by atoms with Gasteiger partial charge in [0, 0.05) is 24.8 Å². The number of ether oxygens (including phenoxy) is 2. The molecule has 1 amide bonds. The Labute approximate surface area is 128 Å². The van der Waals surface area contributed by atoms with E-state index in [2.05, 4.69) is 20.9 Å². The van der Waals surface area contributed by atoms with Gasteiger partial charge >= 0.3 is 6.09 Å². The second kappa shape index (κ2) is 7.04. The minimum Gasteiger partial charge on any atom is -0.444 e. The van der Waals surface area contributed by atoms with Gasteiger partial charge in [0.25, 0.3) is 0 Å². The lowest BCUT2D eigenvalue weighted by atomic mass is 10.1. The molecule has 0 aliphatic heterocycles. The number of hydrogen-bond donors (Lipinski definition) is 0. The molecule has 0 radical (unpaired) electrons. The molecule has 0 aliphatic rings. The third kappa shape index (κ3) is 5.09. The van der Waals surface area contributed by atoms with E-state index in [4.69, 9.17) is 9.47 Å². The van der Waals surface area contributed by atoms with Crippen LogP contribution in [0.15, 0.2) is 22.8 Å². The van der Waals surface area contributed by atoms with E-state index in [-0.39, 0.29) is 6.04 Å². The summed E-state index contributed by atoms with van der Waals surface area (Å²) in [5, 5.41) is 0. The number of methoxy groups -OCH3 is 1. The van der Waals surface area contributed by atoms with Crippen molar-refractivity contribution in [2.75, 3.05) is 20.8 Å². The van der Waals surface area contributed by atoms with E-state index >= 15 is 0 Å². The first-order chi connectivity index (χ1) is 9.24. The quantitative estimate of drug-likeness (QED) is 0.839. The fraction of sp³-hybridized carbons (Fsp3) is 0.571. The molecule has 0 saturated heterocycles. The minimum atomic E-state index is -0.532. The van der Waals surface area contributed by atoms with Gasteiger partial charge in [-0.05, 0) is 48.8 Å².